The van der Waals surface area contributed by atoms with Crippen LogP contribution in [0.15, 0.2) is 91.0 Å². The van der Waals surface area contributed by atoms with E-state index in [-0.39, 0.29) is 0 Å². The minimum atomic E-state index is 0.579. The number of hydrogen-bond donors (Lipinski definition) is 0. The largest absolute Gasteiger partial charge is 0.457 e. The smallest absolute Gasteiger partial charge is 0.134 e. The third kappa shape index (κ3) is 6.20. The molecule has 34 heavy (non-hydrogen) atoms. The van der Waals surface area contributed by atoms with Crippen LogP contribution in [0.25, 0.3) is 0 Å². The molecular formula is C31H32O3. The van der Waals surface area contributed by atoms with Crippen molar-refractivity contribution in [2.24, 2.45) is 0 Å². The number of rotatable bonds is 9. The lowest BCUT2D eigenvalue weighted by molar-refractivity contribution is 0.439. The topological polar surface area (TPSA) is 27.7 Å². The van der Waals surface area contributed by atoms with Crippen molar-refractivity contribution >= 4 is 0 Å². The first kappa shape index (κ1) is 23.4. The molecule has 4 rings (SSSR count). The molecule has 4 aromatic rings. The first-order chi connectivity index (χ1) is 16.5. The molecule has 0 amide bonds. The van der Waals surface area contributed by atoms with Crippen LogP contribution in [0.3, 0.4) is 0 Å². The maximum atomic E-state index is 6.22. The van der Waals surface area contributed by atoms with Crippen molar-refractivity contribution < 1.29 is 14.2 Å². The summed E-state index contributed by atoms with van der Waals surface area (Å²) in [5.74, 6) is 4.84. The highest BCUT2D eigenvalue weighted by molar-refractivity contribution is 5.47. The minimum Gasteiger partial charge on any atom is -0.457 e. The minimum absolute atomic E-state index is 0.579. The fraction of sp³-hybridized carbons (Fsp3) is 0.226. The molecule has 4 aromatic carbocycles. The number of hydrogen-bond acceptors (Lipinski definition) is 3. The lowest BCUT2D eigenvalue weighted by Gasteiger charge is -2.15. The normalized spacial score (nSPS) is 10.9. The van der Waals surface area contributed by atoms with Gasteiger partial charge < -0.3 is 14.2 Å². The second kappa shape index (κ2) is 10.9. The monoisotopic (exact) mass is 452 g/mol. The third-order valence-electron chi connectivity index (χ3n) is 5.94. The van der Waals surface area contributed by atoms with Gasteiger partial charge in [-0.25, -0.2) is 0 Å². The van der Waals surface area contributed by atoms with E-state index in [9.17, 15) is 0 Å². The molecule has 0 atom stereocenters. The van der Waals surface area contributed by atoms with Gasteiger partial charge in [-0.1, -0.05) is 61.4 Å². The summed E-state index contributed by atoms with van der Waals surface area (Å²) < 4.78 is 18.5. The van der Waals surface area contributed by atoms with E-state index in [2.05, 4.69) is 39.8 Å². The quantitative estimate of drug-likeness (QED) is 0.253. The molecule has 0 aromatic heterocycles. The molecular weight excluding hydrogens is 420 g/mol. The van der Waals surface area contributed by atoms with Gasteiger partial charge in [-0.05, 0) is 74.6 Å². The predicted molar refractivity (Wildman–Crippen MR) is 139 cm³/mol. The van der Waals surface area contributed by atoms with Crippen LogP contribution < -0.4 is 14.2 Å². The van der Waals surface area contributed by atoms with E-state index in [1.807, 2.05) is 78.9 Å². The number of aryl methyl sites for hydroxylation is 2. The molecule has 3 heteroatoms. The van der Waals surface area contributed by atoms with E-state index in [1.54, 1.807) is 0 Å². The van der Waals surface area contributed by atoms with E-state index in [0.29, 0.717) is 23.2 Å². The van der Waals surface area contributed by atoms with Gasteiger partial charge >= 0.3 is 0 Å². The van der Waals surface area contributed by atoms with Crippen molar-refractivity contribution in [1.29, 1.82) is 0 Å². The fourth-order valence-electron chi connectivity index (χ4n) is 3.91. The third-order valence-corrected chi connectivity index (χ3v) is 5.94. The molecule has 0 N–H and O–H groups in total. The van der Waals surface area contributed by atoms with Crippen molar-refractivity contribution in [3.8, 4) is 34.5 Å². The van der Waals surface area contributed by atoms with Crippen molar-refractivity contribution in [1.82, 2.24) is 0 Å². The zero-order valence-corrected chi connectivity index (χ0v) is 20.4. The molecule has 0 saturated carbocycles. The maximum Gasteiger partial charge on any atom is 0.134 e. The van der Waals surface area contributed by atoms with Gasteiger partial charge in [0.15, 0.2) is 0 Å². The summed E-state index contributed by atoms with van der Waals surface area (Å²) in [4.78, 5) is 0. The van der Waals surface area contributed by atoms with Crippen LogP contribution in [0.2, 0.25) is 0 Å². The van der Waals surface area contributed by atoms with Gasteiger partial charge in [-0.15, -0.1) is 0 Å². The molecule has 0 aliphatic carbocycles. The Balaban J connectivity index is 1.60. The Bertz CT molecular complexity index is 1120. The zero-order valence-electron chi connectivity index (χ0n) is 20.4. The molecule has 174 valence electrons. The fourth-order valence-corrected chi connectivity index (χ4v) is 3.91. The Morgan fingerprint density at radius 2 is 0.794 bits per heavy atom. The Morgan fingerprint density at radius 1 is 0.471 bits per heavy atom. The molecule has 0 saturated heterocycles. The summed E-state index contributed by atoms with van der Waals surface area (Å²) >= 11 is 0. The second-order valence-corrected chi connectivity index (χ2v) is 8.65. The van der Waals surface area contributed by atoms with E-state index < -0.39 is 0 Å². The molecule has 0 heterocycles. The van der Waals surface area contributed by atoms with Crippen molar-refractivity contribution in [3.63, 3.8) is 0 Å². The average Bonchev–Trinajstić information content (AvgIpc) is 2.84. The standard InChI is InChI=1S/C31H32O3/c1-5-24(6-2)25-11-17-28(18-12-25)34-31-20-29(32-26-13-7-22(3)8-14-26)19-30(21-31)33-27-15-9-23(4)10-16-27/h7-21,24H,5-6H2,1-4H3. The summed E-state index contributed by atoms with van der Waals surface area (Å²) in [7, 11) is 0. The van der Waals surface area contributed by atoms with Gasteiger partial charge in [-0.3, -0.25) is 0 Å². The molecule has 0 fully saturated rings. The lowest BCUT2D eigenvalue weighted by Crippen LogP contribution is -1.95. The summed E-state index contributed by atoms with van der Waals surface area (Å²) in [6, 6.07) is 30.0. The van der Waals surface area contributed by atoms with Crippen LogP contribution in [0, 0.1) is 13.8 Å². The van der Waals surface area contributed by atoms with E-state index >= 15 is 0 Å². The van der Waals surface area contributed by atoms with Crippen LogP contribution in [0.4, 0.5) is 0 Å². The van der Waals surface area contributed by atoms with Gasteiger partial charge in [0.05, 0.1) is 0 Å². The van der Waals surface area contributed by atoms with Crippen molar-refractivity contribution in [3.05, 3.63) is 108 Å². The number of ether oxygens (including phenoxy) is 3. The van der Waals surface area contributed by atoms with Gasteiger partial charge in [-0.2, -0.15) is 0 Å². The first-order valence-electron chi connectivity index (χ1n) is 11.9. The Labute approximate surface area is 202 Å². The highest BCUT2D eigenvalue weighted by atomic mass is 16.5. The summed E-state index contributed by atoms with van der Waals surface area (Å²) in [6.45, 7) is 8.57. The molecule has 3 nitrogen and oxygen atoms in total. The maximum absolute atomic E-state index is 6.22. The Hall–Kier alpha value is -3.72. The summed E-state index contributed by atoms with van der Waals surface area (Å²) in [5.41, 5.74) is 3.71. The molecule has 0 spiro atoms. The predicted octanol–water partition coefficient (Wildman–Crippen LogP) is 9.58. The summed E-state index contributed by atoms with van der Waals surface area (Å²) in [6.07, 6.45) is 2.27. The van der Waals surface area contributed by atoms with Crippen LogP contribution >= 0.6 is 0 Å². The molecule has 0 aliphatic heterocycles. The highest BCUT2D eigenvalue weighted by Crippen LogP contribution is 2.36. The molecule has 0 radical (unpaired) electrons. The summed E-state index contributed by atoms with van der Waals surface area (Å²) in [5, 5.41) is 0. The van der Waals surface area contributed by atoms with E-state index in [4.69, 9.17) is 14.2 Å². The van der Waals surface area contributed by atoms with Crippen molar-refractivity contribution in [2.45, 2.75) is 46.5 Å². The van der Waals surface area contributed by atoms with E-state index in [0.717, 1.165) is 30.1 Å². The zero-order chi connectivity index (χ0) is 23.9. The van der Waals surface area contributed by atoms with Crippen LogP contribution in [-0.2, 0) is 0 Å². The first-order valence-corrected chi connectivity index (χ1v) is 11.9. The Kier molecular flexibility index (Phi) is 7.54. The Morgan fingerprint density at radius 3 is 1.12 bits per heavy atom. The van der Waals surface area contributed by atoms with Gasteiger partial charge in [0.25, 0.3) is 0 Å². The van der Waals surface area contributed by atoms with Crippen LogP contribution in [0.5, 0.6) is 34.5 Å². The second-order valence-electron chi connectivity index (χ2n) is 8.65. The molecule has 0 unspecified atom stereocenters. The van der Waals surface area contributed by atoms with Gasteiger partial charge in [0.1, 0.15) is 34.5 Å². The van der Waals surface area contributed by atoms with Crippen molar-refractivity contribution in [2.75, 3.05) is 0 Å². The number of benzene rings is 4. The lowest BCUT2D eigenvalue weighted by atomic mass is 9.94. The van der Waals surface area contributed by atoms with Crippen LogP contribution in [0.1, 0.15) is 49.3 Å². The van der Waals surface area contributed by atoms with Crippen LogP contribution in [-0.4, -0.2) is 0 Å². The SMILES string of the molecule is CCC(CC)c1ccc(Oc2cc(Oc3ccc(C)cc3)cc(Oc3ccc(C)cc3)c2)cc1. The van der Waals surface area contributed by atoms with Gasteiger partial charge in [0.2, 0.25) is 0 Å². The van der Waals surface area contributed by atoms with Gasteiger partial charge in [0, 0.05) is 18.2 Å². The van der Waals surface area contributed by atoms with E-state index in [1.165, 1.54) is 16.7 Å². The average molecular weight is 453 g/mol. The highest BCUT2D eigenvalue weighted by Gasteiger charge is 2.10. The molecule has 0 aliphatic rings. The molecule has 0 bridgehead atoms.